The van der Waals surface area contributed by atoms with Gasteiger partial charge in [0.25, 0.3) is 0 Å². The topological polar surface area (TPSA) is 49.8 Å². The predicted molar refractivity (Wildman–Crippen MR) is 104 cm³/mol. The van der Waals surface area contributed by atoms with Crippen LogP contribution in [0.15, 0.2) is 60.1 Å². The van der Waals surface area contributed by atoms with Crippen LogP contribution in [0, 0.1) is 0 Å². The first kappa shape index (κ1) is 21.0. The Morgan fingerprint density at radius 1 is 0.840 bits per heavy atom. The second-order valence-electron chi connectivity index (χ2n) is 6.29. The summed E-state index contributed by atoms with van der Waals surface area (Å²) in [5, 5.41) is 8.49. The van der Waals surface area contributed by atoms with Crippen molar-refractivity contribution in [1.82, 2.24) is 0 Å². The molecule has 1 rings (SSSR count). The SMILES string of the molecule is CCCCCCCCCCCC=CC=CC=CC1=C(C=CC(=O)O)O1. The number of carboxylic acid groups (broad SMARTS) is 1. The predicted octanol–water partition coefficient (Wildman–Crippen LogP) is 6.46. The summed E-state index contributed by atoms with van der Waals surface area (Å²) in [5.41, 5.74) is 0. The summed E-state index contributed by atoms with van der Waals surface area (Å²) in [5.74, 6) is 0.372. The van der Waals surface area contributed by atoms with Crippen molar-refractivity contribution in [2.24, 2.45) is 0 Å². The highest BCUT2D eigenvalue weighted by Crippen LogP contribution is 2.28. The van der Waals surface area contributed by atoms with Gasteiger partial charge in [0, 0.05) is 6.08 Å². The molecule has 0 fully saturated rings. The maximum Gasteiger partial charge on any atom is 0.328 e. The molecule has 138 valence electrons. The summed E-state index contributed by atoms with van der Waals surface area (Å²) in [6.45, 7) is 2.26. The molecule has 0 bridgehead atoms. The number of carboxylic acids is 1. The fourth-order valence-electron chi connectivity index (χ4n) is 2.49. The van der Waals surface area contributed by atoms with Gasteiger partial charge in [-0.1, -0.05) is 88.7 Å². The molecule has 1 heterocycles. The molecule has 1 aliphatic rings. The fourth-order valence-corrected chi connectivity index (χ4v) is 2.49. The lowest BCUT2D eigenvalue weighted by atomic mass is 10.1. The van der Waals surface area contributed by atoms with E-state index in [4.69, 9.17) is 9.84 Å². The van der Waals surface area contributed by atoms with Crippen molar-refractivity contribution in [2.75, 3.05) is 0 Å². The Morgan fingerprint density at radius 2 is 1.44 bits per heavy atom. The molecule has 0 aromatic rings. The van der Waals surface area contributed by atoms with E-state index < -0.39 is 5.97 Å². The molecular formula is C22H32O3. The maximum atomic E-state index is 10.3. The minimum absolute atomic E-state index is 0.618. The van der Waals surface area contributed by atoms with Crippen molar-refractivity contribution < 1.29 is 14.6 Å². The number of carbonyl (C=O) groups is 1. The van der Waals surface area contributed by atoms with Crippen LogP contribution in [0.25, 0.3) is 0 Å². The molecule has 25 heavy (non-hydrogen) atoms. The molecule has 0 spiro atoms. The number of unbranched alkanes of at least 4 members (excludes halogenated alkanes) is 9. The van der Waals surface area contributed by atoms with Gasteiger partial charge in [-0.15, -0.1) is 0 Å². The van der Waals surface area contributed by atoms with Gasteiger partial charge in [0.1, 0.15) is 0 Å². The first-order valence-corrected chi connectivity index (χ1v) is 9.57. The Labute approximate surface area is 152 Å². The number of ether oxygens (including phenoxy) is 1. The second kappa shape index (κ2) is 14.3. The molecule has 3 heteroatoms. The smallest absolute Gasteiger partial charge is 0.328 e. The lowest BCUT2D eigenvalue weighted by Crippen LogP contribution is -1.84. The van der Waals surface area contributed by atoms with Crippen molar-refractivity contribution in [3.05, 3.63) is 60.1 Å². The van der Waals surface area contributed by atoms with Crippen molar-refractivity contribution >= 4 is 5.97 Å². The molecule has 0 unspecified atom stereocenters. The van der Waals surface area contributed by atoms with Crippen molar-refractivity contribution in [3.8, 4) is 0 Å². The van der Waals surface area contributed by atoms with Gasteiger partial charge in [-0.3, -0.25) is 0 Å². The van der Waals surface area contributed by atoms with Gasteiger partial charge < -0.3 is 9.84 Å². The largest absolute Gasteiger partial charge is 0.478 e. The van der Waals surface area contributed by atoms with E-state index in [1.54, 1.807) is 0 Å². The average Bonchev–Trinajstić information content (AvgIpc) is 3.35. The van der Waals surface area contributed by atoms with Crippen molar-refractivity contribution in [1.29, 1.82) is 0 Å². The van der Waals surface area contributed by atoms with E-state index in [0.717, 1.165) is 18.3 Å². The molecule has 0 atom stereocenters. The van der Waals surface area contributed by atoms with Gasteiger partial charge in [-0.2, -0.15) is 0 Å². The molecule has 0 aromatic carbocycles. The molecule has 3 nitrogen and oxygen atoms in total. The van der Waals surface area contributed by atoms with Gasteiger partial charge >= 0.3 is 5.97 Å². The summed E-state index contributed by atoms with van der Waals surface area (Å²) >= 11 is 0. The van der Waals surface area contributed by atoms with Crippen LogP contribution < -0.4 is 0 Å². The van der Waals surface area contributed by atoms with E-state index in [0.29, 0.717) is 5.76 Å². The van der Waals surface area contributed by atoms with Crippen LogP contribution in [-0.2, 0) is 9.53 Å². The third kappa shape index (κ3) is 13.0. The van der Waals surface area contributed by atoms with E-state index >= 15 is 0 Å². The molecule has 0 saturated heterocycles. The van der Waals surface area contributed by atoms with Crippen LogP contribution in [0.3, 0.4) is 0 Å². The van der Waals surface area contributed by atoms with Crippen molar-refractivity contribution in [3.63, 3.8) is 0 Å². The highest BCUT2D eigenvalue weighted by Gasteiger charge is 2.18. The van der Waals surface area contributed by atoms with E-state index in [-0.39, 0.29) is 0 Å². The summed E-state index contributed by atoms with van der Waals surface area (Å²) in [6.07, 6.45) is 27.9. The summed E-state index contributed by atoms with van der Waals surface area (Å²) in [6, 6.07) is 0. The van der Waals surface area contributed by atoms with E-state index in [1.807, 2.05) is 24.3 Å². The zero-order valence-electron chi connectivity index (χ0n) is 15.5. The Hall–Kier alpha value is -2.03. The molecule has 0 saturated carbocycles. The monoisotopic (exact) mass is 344 g/mol. The third-order valence-electron chi connectivity index (χ3n) is 3.99. The summed E-state index contributed by atoms with van der Waals surface area (Å²) in [7, 11) is 0. The van der Waals surface area contributed by atoms with Crippen LogP contribution in [0.5, 0.6) is 0 Å². The summed E-state index contributed by atoms with van der Waals surface area (Å²) < 4.78 is 5.13. The zero-order chi connectivity index (χ0) is 18.2. The molecule has 0 aromatic heterocycles. The molecule has 1 aliphatic heterocycles. The van der Waals surface area contributed by atoms with Crippen LogP contribution in [0.1, 0.15) is 71.1 Å². The lowest BCUT2D eigenvalue weighted by molar-refractivity contribution is -0.131. The zero-order valence-corrected chi connectivity index (χ0v) is 15.5. The minimum Gasteiger partial charge on any atom is -0.478 e. The number of aliphatic carboxylic acids is 1. The number of allylic oxidation sites excluding steroid dienone is 7. The average molecular weight is 344 g/mol. The molecule has 0 amide bonds. The standard InChI is InChI=1S/C22H32O3/c1-2-3-4-5-6-7-8-9-10-11-12-13-14-15-16-17-20-21(25-20)18-19-22(23)24/h12-19H,2-11H2,1H3,(H,23,24). The first-order chi connectivity index (χ1) is 12.2. The fraction of sp³-hybridized carbons (Fsp3) is 0.500. The number of hydrogen-bond donors (Lipinski definition) is 1. The highest BCUT2D eigenvalue weighted by atomic mass is 16.6. The van der Waals surface area contributed by atoms with E-state index in [2.05, 4.69) is 19.1 Å². The second-order valence-corrected chi connectivity index (χ2v) is 6.29. The minimum atomic E-state index is -0.969. The van der Waals surface area contributed by atoms with Crippen LogP contribution in [0.2, 0.25) is 0 Å². The van der Waals surface area contributed by atoms with Gasteiger partial charge in [-0.05, 0) is 25.0 Å². The van der Waals surface area contributed by atoms with E-state index in [9.17, 15) is 4.79 Å². The quantitative estimate of drug-likeness (QED) is 0.211. The van der Waals surface area contributed by atoms with Gasteiger partial charge in [0.2, 0.25) is 0 Å². The molecular weight excluding hydrogens is 312 g/mol. The Morgan fingerprint density at radius 3 is 2.12 bits per heavy atom. The Kier molecular flexibility index (Phi) is 12.0. The lowest BCUT2D eigenvalue weighted by Gasteiger charge is -2.00. The molecule has 0 radical (unpaired) electrons. The number of hydrogen-bond acceptors (Lipinski definition) is 2. The van der Waals surface area contributed by atoms with E-state index in [1.165, 1.54) is 63.9 Å². The third-order valence-corrected chi connectivity index (χ3v) is 3.99. The van der Waals surface area contributed by atoms with Crippen LogP contribution in [-0.4, -0.2) is 11.1 Å². The van der Waals surface area contributed by atoms with Gasteiger partial charge in [0.05, 0.1) is 0 Å². The maximum absolute atomic E-state index is 10.3. The number of rotatable bonds is 15. The Balaban J connectivity index is 1.95. The first-order valence-electron chi connectivity index (χ1n) is 9.57. The van der Waals surface area contributed by atoms with Gasteiger partial charge in [-0.25, -0.2) is 4.79 Å². The van der Waals surface area contributed by atoms with Crippen molar-refractivity contribution in [2.45, 2.75) is 71.1 Å². The highest BCUT2D eigenvalue weighted by molar-refractivity contribution is 5.80. The normalized spacial score (nSPS) is 14.4. The van der Waals surface area contributed by atoms with Gasteiger partial charge in [0.15, 0.2) is 11.5 Å². The van der Waals surface area contributed by atoms with Crippen LogP contribution >= 0.6 is 0 Å². The molecule has 1 N–H and O–H groups in total. The Bertz CT molecular complexity index is 521. The molecule has 0 aliphatic carbocycles. The van der Waals surface area contributed by atoms with Crippen LogP contribution in [0.4, 0.5) is 0 Å². The summed E-state index contributed by atoms with van der Waals surface area (Å²) in [4.78, 5) is 10.3.